The van der Waals surface area contributed by atoms with Crippen LogP contribution < -0.4 is 5.32 Å². The van der Waals surface area contributed by atoms with Gasteiger partial charge in [0.1, 0.15) is 5.76 Å². The highest BCUT2D eigenvalue weighted by molar-refractivity contribution is 5.87. The third kappa shape index (κ3) is 1.71. The van der Waals surface area contributed by atoms with Crippen LogP contribution in [-0.2, 0) is 4.79 Å². The summed E-state index contributed by atoms with van der Waals surface area (Å²) < 4.78 is 0. The van der Waals surface area contributed by atoms with Gasteiger partial charge in [-0.25, -0.2) is 4.79 Å². The highest BCUT2D eigenvalue weighted by atomic mass is 16.4. The first-order valence-corrected chi connectivity index (χ1v) is 3.49. The lowest BCUT2D eigenvalue weighted by molar-refractivity contribution is -0.133. The van der Waals surface area contributed by atoms with Gasteiger partial charge in [-0.15, -0.1) is 0 Å². The number of nitrogens with one attached hydrogen (secondary N) is 1. The lowest BCUT2D eigenvalue weighted by Crippen LogP contribution is -2.35. The quantitative estimate of drug-likeness (QED) is 0.510. The van der Waals surface area contributed by atoms with Crippen LogP contribution in [0.25, 0.3) is 0 Å². The zero-order valence-electron chi connectivity index (χ0n) is 6.29. The zero-order chi connectivity index (χ0) is 8.43. The van der Waals surface area contributed by atoms with Crippen LogP contribution in [0.2, 0.25) is 0 Å². The molecule has 0 bridgehead atoms. The van der Waals surface area contributed by atoms with E-state index in [9.17, 15) is 4.79 Å². The van der Waals surface area contributed by atoms with Crippen LogP contribution in [0.1, 0.15) is 13.3 Å². The standard InChI is InChI=1S/C7H11NO3/c1-4-2-5(7(10)11)6(9)3-8-4/h4,8-9H,2-3H2,1H3,(H,10,11)/t4-/m1/s1. The van der Waals surface area contributed by atoms with E-state index < -0.39 is 5.97 Å². The molecule has 1 heterocycles. The number of carboxylic acids is 1. The molecule has 3 N–H and O–H groups in total. The topological polar surface area (TPSA) is 69.6 Å². The highest BCUT2D eigenvalue weighted by Gasteiger charge is 2.21. The highest BCUT2D eigenvalue weighted by Crippen LogP contribution is 2.14. The van der Waals surface area contributed by atoms with Gasteiger partial charge in [0.05, 0.1) is 12.1 Å². The molecule has 0 radical (unpaired) electrons. The van der Waals surface area contributed by atoms with Gasteiger partial charge < -0.3 is 15.5 Å². The fraction of sp³-hybridized carbons (Fsp3) is 0.571. The van der Waals surface area contributed by atoms with E-state index in [4.69, 9.17) is 10.2 Å². The van der Waals surface area contributed by atoms with Gasteiger partial charge in [-0.1, -0.05) is 0 Å². The van der Waals surface area contributed by atoms with Gasteiger partial charge in [-0.05, 0) is 13.3 Å². The summed E-state index contributed by atoms with van der Waals surface area (Å²) in [5, 5.41) is 20.6. The van der Waals surface area contributed by atoms with Crippen LogP contribution in [0.5, 0.6) is 0 Å². The second-order valence-corrected chi connectivity index (χ2v) is 2.72. The Morgan fingerprint density at radius 3 is 2.82 bits per heavy atom. The molecular formula is C7H11NO3. The van der Waals surface area contributed by atoms with Crippen LogP contribution in [0.15, 0.2) is 11.3 Å². The third-order valence-electron chi connectivity index (χ3n) is 1.73. The first-order valence-electron chi connectivity index (χ1n) is 3.49. The summed E-state index contributed by atoms with van der Waals surface area (Å²) in [6.07, 6.45) is 0.390. The van der Waals surface area contributed by atoms with E-state index in [1.54, 1.807) is 0 Å². The summed E-state index contributed by atoms with van der Waals surface area (Å²) in [6, 6.07) is 0.136. The SMILES string of the molecule is C[C@@H]1CC(C(=O)O)=C(O)CN1. The van der Waals surface area contributed by atoms with Gasteiger partial charge >= 0.3 is 5.97 Å². The molecule has 0 aromatic carbocycles. The molecule has 0 aliphatic carbocycles. The number of carbonyl (C=O) groups is 1. The van der Waals surface area contributed by atoms with E-state index in [-0.39, 0.29) is 23.9 Å². The molecule has 4 nitrogen and oxygen atoms in total. The van der Waals surface area contributed by atoms with E-state index in [1.165, 1.54) is 0 Å². The Balaban J connectivity index is 2.80. The molecule has 1 aliphatic heterocycles. The first kappa shape index (κ1) is 8.07. The lowest BCUT2D eigenvalue weighted by atomic mass is 10.0. The monoisotopic (exact) mass is 157 g/mol. The van der Waals surface area contributed by atoms with Gasteiger partial charge in [0.25, 0.3) is 0 Å². The minimum absolute atomic E-state index is 0.0457. The van der Waals surface area contributed by atoms with E-state index in [0.29, 0.717) is 6.42 Å². The Morgan fingerprint density at radius 2 is 2.36 bits per heavy atom. The van der Waals surface area contributed by atoms with Crippen LogP contribution >= 0.6 is 0 Å². The molecule has 1 atom stereocenters. The van der Waals surface area contributed by atoms with Crippen molar-refractivity contribution in [2.24, 2.45) is 0 Å². The van der Waals surface area contributed by atoms with Crippen LogP contribution in [-0.4, -0.2) is 28.8 Å². The summed E-state index contributed by atoms with van der Waals surface area (Å²) in [5.41, 5.74) is 0.135. The van der Waals surface area contributed by atoms with Crippen molar-refractivity contribution in [3.8, 4) is 0 Å². The van der Waals surface area contributed by atoms with E-state index in [2.05, 4.69) is 5.32 Å². The normalized spacial score (nSPS) is 25.4. The number of aliphatic hydroxyl groups excluding tert-OH is 1. The summed E-state index contributed by atoms with van der Waals surface area (Å²) in [6.45, 7) is 2.15. The Hall–Kier alpha value is -1.03. The second kappa shape index (κ2) is 2.92. The molecule has 0 saturated heterocycles. The average molecular weight is 157 g/mol. The largest absolute Gasteiger partial charge is 0.510 e. The number of rotatable bonds is 1. The predicted octanol–water partition coefficient (Wildman–Crippen LogP) is 0.265. The number of hydrogen-bond acceptors (Lipinski definition) is 3. The minimum atomic E-state index is -1.02. The minimum Gasteiger partial charge on any atom is -0.510 e. The molecule has 0 saturated carbocycles. The van der Waals surface area contributed by atoms with E-state index in [1.807, 2.05) is 6.92 Å². The van der Waals surface area contributed by atoms with E-state index in [0.717, 1.165) is 0 Å². The maximum atomic E-state index is 10.5. The second-order valence-electron chi connectivity index (χ2n) is 2.72. The maximum Gasteiger partial charge on any atom is 0.335 e. The zero-order valence-corrected chi connectivity index (χ0v) is 6.29. The molecule has 0 aromatic heterocycles. The smallest absolute Gasteiger partial charge is 0.335 e. The van der Waals surface area contributed by atoms with Crippen molar-refractivity contribution in [3.63, 3.8) is 0 Å². The maximum absolute atomic E-state index is 10.5. The van der Waals surface area contributed by atoms with E-state index >= 15 is 0 Å². The van der Waals surface area contributed by atoms with Gasteiger partial charge in [0.2, 0.25) is 0 Å². The van der Waals surface area contributed by atoms with Crippen LogP contribution in [0.4, 0.5) is 0 Å². The Morgan fingerprint density at radius 1 is 1.73 bits per heavy atom. The van der Waals surface area contributed by atoms with Gasteiger partial charge in [-0.3, -0.25) is 0 Å². The number of aliphatic hydroxyl groups is 1. The average Bonchev–Trinajstić information content (AvgIpc) is 1.94. The van der Waals surface area contributed by atoms with Crippen molar-refractivity contribution in [1.29, 1.82) is 0 Å². The molecule has 0 amide bonds. The molecule has 0 unspecified atom stereocenters. The van der Waals surface area contributed by atoms with Gasteiger partial charge in [0.15, 0.2) is 0 Å². The number of hydrogen-bond donors (Lipinski definition) is 3. The molecule has 4 heteroatoms. The molecule has 1 aliphatic rings. The van der Waals surface area contributed by atoms with Crippen molar-refractivity contribution >= 4 is 5.97 Å². The molecule has 0 spiro atoms. The summed E-state index contributed by atoms with van der Waals surface area (Å²) >= 11 is 0. The van der Waals surface area contributed by atoms with Crippen molar-refractivity contribution in [1.82, 2.24) is 5.32 Å². The molecule has 62 valence electrons. The van der Waals surface area contributed by atoms with Crippen molar-refractivity contribution in [3.05, 3.63) is 11.3 Å². The molecule has 1 rings (SSSR count). The fourth-order valence-electron chi connectivity index (χ4n) is 1.08. The lowest BCUT2D eigenvalue weighted by Gasteiger charge is -2.20. The van der Waals surface area contributed by atoms with Crippen LogP contribution in [0, 0.1) is 0 Å². The Labute approximate surface area is 64.5 Å². The number of carboxylic acid groups (broad SMARTS) is 1. The Bertz CT molecular complexity index is 210. The van der Waals surface area contributed by atoms with Crippen molar-refractivity contribution in [2.45, 2.75) is 19.4 Å². The fourth-order valence-corrected chi connectivity index (χ4v) is 1.08. The third-order valence-corrected chi connectivity index (χ3v) is 1.73. The molecule has 0 fully saturated rings. The summed E-state index contributed by atoms with van der Waals surface area (Å²) in [7, 11) is 0. The summed E-state index contributed by atoms with van der Waals surface area (Å²) in [4.78, 5) is 10.5. The molecule has 11 heavy (non-hydrogen) atoms. The Kier molecular flexibility index (Phi) is 2.14. The van der Waals surface area contributed by atoms with Crippen LogP contribution in [0.3, 0.4) is 0 Å². The van der Waals surface area contributed by atoms with Gasteiger partial charge in [-0.2, -0.15) is 0 Å². The number of aliphatic carboxylic acids is 1. The predicted molar refractivity (Wildman–Crippen MR) is 39.4 cm³/mol. The molecule has 0 aromatic rings. The van der Waals surface area contributed by atoms with Gasteiger partial charge in [0, 0.05) is 6.04 Å². The summed E-state index contributed by atoms with van der Waals surface area (Å²) in [5.74, 6) is -1.06. The van der Waals surface area contributed by atoms with Crippen molar-refractivity contribution in [2.75, 3.05) is 6.54 Å². The van der Waals surface area contributed by atoms with Crippen molar-refractivity contribution < 1.29 is 15.0 Å². The first-order chi connectivity index (χ1) is 5.11. The molecular weight excluding hydrogens is 146 g/mol.